The molecule has 138 valence electrons. The van der Waals surface area contributed by atoms with Crippen molar-refractivity contribution in [3.63, 3.8) is 0 Å². The van der Waals surface area contributed by atoms with Crippen LogP contribution >= 0.6 is 0 Å². The smallest absolute Gasteiger partial charge is 0.225 e. The monoisotopic (exact) mass is 345 g/mol. The first-order valence-electron chi connectivity index (χ1n) is 9.80. The Labute approximate surface area is 151 Å². The molecule has 2 aliphatic rings. The Kier molecular flexibility index (Phi) is 6.49. The van der Waals surface area contributed by atoms with Gasteiger partial charge in [-0.25, -0.2) is 0 Å². The number of nitrogens with zero attached hydrogens (tertiary/aromatic N) is 1. The van der Waals surface area contributed by atoms with Gasteiger partial charge in [-0.1, -0.05) is 49.6 Å². The minimum absolute atomic E-state index is 0.118. The lowest BCUT2D eigenvalue weighted by Crippen LogP contribution is -2.45. The fraction of sp³-hybridized carbons (Fsp3) is 0.667. The van der Waals surface area contributed by atoms with Gasteiger partial charge in [0.15, 0.2) is 0 Å². The molecular weight excluding hydrogens is 314 g/mol. The van der Waals surface area contributed by atoms with Gasteiger partial charge < -0.3 is 14.7 Å². The van der Waals surface area contributed by atoms with E-state index in [1.807, 2.05) is 11.0 Å². The van der Waals surface area contributed by atoms with Crippen LogP contribution in [-0.4, -0.2) is 47.3 Å². The maximum atomic E-state index is 12.5. The predicted octanol–water partition coefficient (Wildman–Crippen LogP) is 3.32. The first kappa shape index (κ1) is 18.4. The second-order valence-electron chi connectivity index (χ2n) is 7.65. The maximum Gasteiger partial charge on any atom is 0.225 e. The molecule has 1 aromatic rings. The van der Waals surface area contributed by atoms with Gasteiger partial charge in [-0.15, -0.1) is 0 Å². The number of hydrogen-bond donors (Lipinski definition) is 1. The summed E-state index contributed by atoms with van der Waals surface area (Å²) >= 11 is 0. The number of likely N-dealkylation sites (tertiary alicyclic amines) is 1. The number of amides is 1. The van der Waals surface area contributed by atoms with Crippen molar-refractivity contribution < 1.29 is 14.6 Å². The summed E-state index contributed by atoms with van der Waals surface area (Å²) in [4.78, 5) is 14.4. The van der Waals surface area contributed by atoms with Gasteiger partial charge in [0, 0.05) is 13.1 Å². The molecular formula is C21H31NO3. The van der Waals surface area contributed by atoms with Crippen LogP contribution < -0.4 is 0 Å². The van der Waals surface area contributed by atoms with E-state index in [1.165, 1.54) is 12.0 Å². The van der Waals surface area contributed by atoms with Crippen LogP contribution in [0.25, 0.3) is 0 Å². The van der Waals surface area contributed by atoms with Crippen molar-refractivity contribution in [1.29, 1.82) is 0 Å². The van der Waals surface area contributed by atoms with Gasteiger partial charge >= 0.3 is 0 Å². The lowest BCUT2D eigenvalue weighted by Gasteiger charge is -2.36. The fourth-order valence-electron chi connectivity index (χ4n) is 4.04. The SMILES string of the molecule is O=C(CC1(O)CCCCC1)N1CCC(OCCc2ccccc2)CC1. The summed E-state index contributed by atoms with van der Waals surface area (Å²) in [5.41, 5.74) is 0.550. The molecule has 4 heteroatoms. The van der Waals surface area contributed by atoms with E-state index >= 15 is 0 Å². The van der Waals surface area contributed by atoms with E-state index in [1.54, 1.807) is 0 Å². The van der Waals surface area contributed by atoms with Crippen molar-refractivity contribution in [2.24, 2.45) is 0 Å². The van der Waals surface area contributed by atoms with Gasteiger partial charge in [0.1, 0.15) is 0 Å². The first-order valence-corrected chi connectivity index (χ1v) is 9.80. The van der Waals surface area contributed by atoms with Crippen molar-refractivity contribution >= 4 is 5.91 Å². The highest BCUT2D eigenvalue weighted by atomic mass is 16.5. The van der Waals surface area contributed by atoms with Crippen molar-refractivity contribution in [3.8, 4) is 0 Å². The van der Waals surface area contributed by atoms with Crippen molar-refractivity contribution in [2.45, 2.75) is 69.5 Å². The summed E-state index contributed by atoms with van der Waals surface area (Å²) < 4.78 is 6.00. The zero-order valence-corrected chi connectivity index (χ0v) is 15.2. The lowest BCUT2D eigenvalue weighted by atomic mass is 9.82. The van der Waals surface area contributed by atoms with Crippen LogP contribution in [0.3, 0.4) is 0 Å². The predicted molar refractivity (Wildman–Crippen MR) is 98.4 cm³/mol. The van der Waals surface area contributed by atoms with Gasteiger partial charge in [-0.2, -0.15) is 0 Å². The molecule has 1 N–H and O–H groups in total. The Bertz CT molecular complexity index is 531. The molecule has 1 aliphatic heterocycles. The third kappa shape index (κ3) is 5.55. The maximum absolute atomic E-state index is 12.5. The van der Waals surface area contributed by atoms with Crippen molar-refractivity contribution in [3.05, 3.63) is 35.9 Å². The molecule has 1 aliphatic carbocycles. The average Bonchev–Trinajstić information content (AvgIpc) is 2.63. The zero-order chi connectivity index (χ0) is 17.5. The molecule has 1 saturated carbocycles. The second kappa shape index (κ2) is 8.81. The molecule has 0 aromatic heterocycles. The highest BCUT2D eigenvalue weighted by molar-refractivity contribution is 5.77. The van der Waals surface area contributed by atoms with Crippen LogP contribution in [0.1, 0.15) is 56.9 Å². The summed E-state index contributed by atoms with van der Waals surface area (Å²) in [7, 11) is 0. The minimum atomic E-state index is -0.752. The number of aliphatic hydroxyl groups is 1. The van der Waals surface area contributed by atoms with E-state index in [2.05, 4.69) is 24.3 Å². The van der Waals surface area contributed by atoms with E-state index in [4.69, 9.17) is 4.74 Å². The van der Waals surface area contributed by atoms with E-state index in [-0.39, 0.29) is 12.0 Å². The topological polar surface area (TPSA) is 49.8 Å². The Morgan fingerprint density at radius 1 is 1.12 bits per heavy atom. The van der Waals surface area contributed by atoms with Gasteiger partial charge in [-0.3, -0.25) is 4.79 Å². The molecule has 0 atom stereocenters. The van der Waals surface area contributed by atoms with Gasteiger partial charge in [-0.05, 0) is 37.7 Å². The summed E-state index contributed by atoms with van der Waals surface area (Å²) in [5.74, 6) is 0.118. The number of piperidine rings is 1. The summed E-state index contributed by atoms with van der Waals surface area (Å²) in [6, 6.07) is 10.4. The van der Waals surface area contributed by atoms with Crippen LogP contribution in [0.15, 0.2) is 30.3 Å². The van der Waals surface area contributed by atoms with Crippen LogP contribution in [0.5, 0.6) is 0 Å². The van der Waals surface area contributed by atoms with Crippen LogP contribution in [0.4, 0.5) is 0 Å². The van der Waals surface area contributed by atoms with Gasteiger partial charge in [0.2, 0.25) is 5.91 Å². The molecule has 2 fully saturated rings. The van der Waals surface area contributed by atoms with Crippen LogP contribution in [0.2, 0.25) is 0 Å². The normalized spacial score (nSPS) is 21.2. The number of hydrogen-bond acceptors (Lipinski definition) is 3. The molecule has 1 heterocycles. The van der Waals surface area contributed by atoms with Gasteiger partial charge in [0.25, 0.3) is 0 Å². The molecule has 3 rings (SSSR count). The highest BCUT2D eigenvalue weighted by Gasteiger charge is 2.34. The van der Waals surface area contributed by atoms with E-state index in [0.29, 0.717) is 6.42 Å². The van der Waals surface area contributed by atoms with E-state index in [9.17, 15) is 9.90 Å². The zero-order valence-electron chi connectivity index (χ0n) is 15.2. The number of rotatable bonds is 6. The van der Waals surface area contributed by atoms with Crippen LogP contribution in [-0.2, 0) is 16.0 Å². The molecule has 4 nitrogen and oxygen atoms in total. The molecule has 0 unspecified atom stereocenters. The number of benzene rings is 1. The average molecular weight is 345 g/mol. The van der Waals surface area contributed by atoms with E-state index < -0.39 is 5.60 Å². The van der Waals surface area contributed by atoms with Gasteiger partial charge in [0.05, 0.1) is 24.7 Å². The number of carbonyl (C=O) groups excluding carboxylic acids is 1. The first-order chi connectivity index (χ1) is 12.1. The molecule has 1 saturated heterocycles. The summed E-state index contributed by atoms with van der Waals surface area (Å²) in [6.07, 6.45) is 8.11. The quantitative estimate of drug-likeness (QED) is 0.860. The Balaban J connectivity index is 1.36. The minimum Gasteiger partial charge on any atom is -0.389 e. The summed E-state index contributed by atoms with van der Waals surface area (Å²) in [6.45, 7) is 2.25. The molecule has 1 amide bonds. The molecule has 25 heavy (non-hydrogen) atoms. The molecule has 0 bridgehead atoms. The van der Waals surface area contributed by atoms with E-state index in [0.717, 1.165) is 64.6 Å². The second-order valence-corrected chi connectivity index (χ2v) is 7.65. The Morgan fingerprint density at radius 2 is 1.80 bits per heavy atom. The highest BCUT2D eigenvalue weighted by Crippen LogP contribution is 2.31. The summed E-state index contributed by atoms with van der Waals surface area (Å²) in [5, 5.41) is 10.6. The molecule has 1 aromatic carbocycles. The third-order valence-corrected chi connectivity index (χ3v) is 5.65. The number of ether oxygens (including phenoxy) is 1. The number of carbonyl (C=O) groups is 1. The van der Waals surface area contributed by atoms with Crippen molar-refractivity contribution in [1.82, 2.24) is 4.90 Å². The molecule has 0 radical (unpaired) electrons. The molecule has 0 spiro atoms. The standard InChI is InChI=1S/C21H31NO3/c23-20(17-21(24)12-5-2-6-13-21)22-14-9-19(10-15-22)25-16-11-18-7-3-1-4-8-18/h1,3-4,7-8,19,24H,2,5-6,9-17H2. The van der Waals surface area contributed by atoms with Crippen LogP contribution in [0, 0.1) is 0 Å². The van der Waals surface area contributed by atoms with Crippen molar-refractivity contribution in [2.75, 3.05) is 19.7 Å². The lowest BCUT2D eigenvalue weighted by molar-refractivity contribution is -0.140. The Hall–Kier alpha value is -1.39. The Morgan fingerprint density at radius 3 is 2.48 bits per heavy atom. The fourth-order valence-corrected chi connectivity index (χ4v) is 4.04. The third-order valence-electron chi connectivity index (χ3n) is 5.65. The largest absolute Gasteiger partial charge is 0.389 e.